The zero-order valence-corrected chi connectivity index (χ0v) is 11.9. The molecule has 0 bridgehead atoms. The van der Waals surface area contributed by atoms with E-state index in [0.29, 0.717) is 6.54 Å². The maximum atomic E-state index is 12.8. The molecule has 0 fully saturated rings. The van der Waals surface area contributed by atoms with Gasteiger partial charge in [0.05, 0.1) is 0 Å². The maximum Gasteiger partial charge on any atom is 0.316 e. The molecule has 1 heterocycles. The van der Waals surface area contributed by atoms with Crippen LogP contribution in [0.1, 0.15) is 11.1 Å². The first-order chi connectivity index (χ1) is 10.6. The van der Waals surface area contributed by atoms with Crippen LogP contribution in [0.2, 0.25) is 0 Å². The van der Waals surface area contributed by atoms with Crippen molar-refractivity contribution in [2.24, 2.45) is 0 Å². The molecule has 0 spiro atoms. The van der Waals surface area contributed by atoms with Crippen LogP contribution >= 0.6 is 0 Å². The van der Waals surface area contributed by atoms with E-state index in [-0.39, 0.29) is 12.4 Å². The number of rotatable bonds is 2. The number of anilines is 1. The van der Waals surface area contributed by atoms with Gasteiger partial charge in [-0.3, -0.25) is 9.59 Å². The third-order valence-electron chi connectivity index (χ3n) is 3.69. The summed E-state index contributed by atoms with van der Waals surface area (Å²) in [7, 11) is 0. The first-order valence-electron chi connectivity index (χ1n) is 7.07. The van der Waals surface area contributed by atoms with Crippen molar-refractivity contribution in [3.63, 3.8) is 0 Å². The van der Waals surface area contributed by atoms with Crippen molar-refractivity contribution in [1.82, 2.24) is 5.32 Å². The lowest BCUT2D eigenvalue weighted by atomic mass is 10.2. The lowest BCUT2D eigenvalue weighted by Gasteiger charge is -2.16. The Labute approximate surface area is 127 Å². The average Bonchev–Trinajstić information content (AvgIpc) is 2.97. The minimum absolute atomic E-state index is 0.195. The molecule has 22 heavy (non-hydrogen) atoms. The second-order valence-corrected chi connectivity index (χ2v) is 5.14. The summed E-state index contributed by atoms with van der Waals surface area (Å²) in [6.45, 7) is 0.711. The van der Waals surface area contributed by atoms with Crippen molar-refractivity contribution in [3.05, 3.63) is 65.5 Å². The van der Waals surface area contributed by atoms with Crippen molar-refractivity contribution in [2.45, 2.75) is 13.0 Å². The Kier molecular flexibility index (Phi) is 3.87. The molecule has 2 aromatic carbocycles. The Morgan fingerprint density at radius 3 is 2.59 bits per heavy atom. The normalized spacial score (nSPS) is 12.9. The molecule has 4 nitrogen and oxygen atoms in total. The van der Waals surface area contributed by atoms with Gasteiger partial charge in [0.2, 0.25) is 0 Å². The highest BCUT2D eigenvalue weighted by Crippen LogP contribution is 2.27. The number of fused-ring (bicyclic) bond motifs is 1. The molecular formula is C17H15FN2O2. The van der Waals surface area contributed by atoms with E-state index in [4.69, 9.17) is 0 Å². The van der Waals surface area contributed by atoms with Crippen LogP contribution in [-0.4, -0.2) is 18.4 Å². The van der Waals surface area contributed by atoms with E-state index in [0.717, 1.165) is 23.2 Å². The Balaban J connectivity index is 1.63. The molecule has 0 aliphatic carbocycles. The molecule has 0 radical (unpaired) electrons. The van der Waals surface area contributed by atoms with Crippen LogP contribution in [0.15, 0.2) is 48.5 Å². The number of nitrogens with one attached hydrogen (secondary N) is 1. The van der Waals surface area contributed by atoms with Gasteiger partial charge in [0.15, 0.2) is 0 Å². The molecule has 2 aromatic rings. The zero-order chi connectivity index (χ0) is 15.5. The van der Waals surface area contributed by atoms with Gasteiger partial charge >= 0.3 is 11.8 Å². The molecule has 0 saturated carbocycles. The number of carbonyl (C=O) groups is 2. The fourth-order valence-corrected chi connectivity index (χ4v) is 2.53. The highest BCUT2D eigenvalue weighted by molar-refractivity contribution is 6.40. The van der Waals surface area contributed by atoms with E-state index >= 15 is 0 Å². The van der Waals surface area contributed by atoms with E-state index in [1.165, 1.54) is 17.0 Å². The summed E-state index contributed by atoms with van der Waals surface area (Å²) in [4.78, 5) is 25.7. The molecule has 0 aromatic heterocycles. The Hall–Kier alpha value is -2.69. The van der Waals surface area contributed by atoms with Gasteiger partial charge in [-0.2, -0.15) is 0 Å². The first-order valence-corrected chi connectivity index (χ1v) is 7.07. The number of halogens is 1. The van der Waals surface area contributed by atoms with E-state index in [1.54, 1.807) is 12.1 Å². The number of hydrogen-bond donors (Lipinski definition) is 1. The molecule has 112 valence electrons. The number of benzene rings is 2. The van der Waals surface area contributed by atoms with E-state index in [1.807, 2.05) is 24.3 Å². The number of carbonyl (C=O) groups excluding carboxylic acids is 2. The van der Waals surface area contributed by atoms with Gasteiger partial charge in [-0.15, -0.1) is 0 Å². The highest BCUT2D eigenvalue weighted by Gasteiger charge is 2.28. The summed E-state index contributed by atoms with van der Waals surface area (Å²) in [5.41, 5.74) is 2.61. The second-order valence-electron chi connectivity index (χ2n) is 5.14. The minimum atomic E-state index is -0.652. The third-order valence-corrected chi connectivity index (χ3v) is 3.69. The average molecular weight is 298 g/mol. The van der Waals surface area contributed by atoms with Gasteiger partial charge in [-0.1, -0.05) is 30.3 Å². The Morgan fingerprint density at radius 2 is 1.82 bits per heavy atom. The fourth-order valence-electron chi connectivity index (χ4n) is 2.53. The number of para-hydroxylation sites is 1. The molecule has 1 aliphatic rings. The molecule has 1 N–H and O–H groups in total. The molecule has 1 aliphatic heterocycles. The Bertz CT molecular complexity index is 713. The molecule has 5 heteroatoms. The number of amides is 2. The van der Waals surface area contributed by atoms with Crippen LogP contribution in [0.4, 0.5) is 10.1 Å². The van der Waals surface area contributed by atoms with Crippen LogP contribution in [0.25, 0.3) is 0 Å². The molecule has 2 amide bonds. The maximum absolute atomic E-state index is 12.8. The van der Waals surface area contributed by atoms with E-state index < -0.39 is 11.8 Å². The van der Waals surface area contributed by atoms with Crippen LogP contribution in [0.3, 0.4) is 0 Å². The third kappa shape index (κ3) is 2.83. The van der Waals surface area contributed by atoms with Crippen molar-refractivity contribution in [3.8, 4) is 0 Å². The van der Waals surface area contributed by atoms with E-state index in [9.17, 15) is 14.0 Å². The van der Waals surface area contributed by atoms with Gasteiger partial charge in [0.1, 0.15) is 5.82 Å². The SMILES string of the molecule is O=C(NCc1ccc(F)cc1)C(=O)N1CCc2ccccc21. The first kappa shape index (κ1) is 14.3. The quantitative estimate of drug-likeness (QED) is 0.863. The summed E-state index contributed by atoms with van der Waals surface area (Å²) in [5, 5.41) is 2.57. The van der Waals surface area contributed by atoms with Crippen LogP contribution in [0, 0.1) is 5.82 Å². The smallest absolute Gasteiger partial charge is 0.316 e. The number of hydrogen-bond acceptors (Lipinski definition) is 2. The van der Waals surface area contributed by atoms with Gasteiger partial charge in [0, 0.05) is 18.8 Å². The van der Waals surface area contributed by atoms with Crippen molar-refractivity contribution in [1.29, 1.82) is 0 Å². The molecule has 0 unspecified atom stereocenters. The Morgan fingerprint density at radius 1 is 1.09 bits per heavy atom. The van der Waals surface area contributed by atoms with Crippen molar-refractivity contribution >= 4 is 17.5 Å². The van der Waals surface area contributed by atoms with Gasteiger partial charge in [-0.25, -0.2) is 4.39 Å². The molecule has 0 saturated heterocycles. The van der Waals surface area contributed by atoms with Crippen LogP contribution in [-0.2, 0) is 22.6 Å². The van der Waals surface area contributed by atoms with Crippen LogP contribution in [0.5, 0.6) is 0 Å². The van der Waals surface area contributed by atoms with Crippen molar-refractivity contribution in [2.75, 3.05) is 11.4 Å². The van der Waals surface area contributed by atoms with E-state index in [2.05, 4.69) is 5.32 Å². The minimum Gasteiger partial charge on any atom is -0.344 e. The standard InChI is InChI=1S/C17H15FN2O2/c18-14-7-5-12(6-8-14)11-19-16(21)17(22)20-10-9-13-3-1-2-4-15(13)20/h1-8H,9-11H2,(H,19,21). The summed E-state index contributed by atoms with van der Waals surface area (Å²) < 4.78 is 12.8. The lowest BCUT2D eigenvalue weighted by molar-refractivity contribution is -0.137. The summed E-state index contributed by atoms with van der Waals surface area (Å²) in [5.74, 6) is -1.55. The lowest BCUT2D eigenvalue weighted by Crippen LogP contribution is -2.42. The monoisotopic (exact) mass is 298 g/mol. The zero-order valence-electron chi connectivity index (χ0n) is 11.9. The molecule has 3 rings (SSSR count). The highest BCUT2D eigenvalue weighted by atomic mass is 19.1. The van der Waals surface area contributed by atoms with Gasteiger partial charge < -0.3 is 10.2 Å². The predicted octanol–water partition coefficient (Wildman–Crippen LogP) is 2.03. The van der Waals surface area contributed by atoms with Gasteiger partial charge in [-0.05, 0) is 35.7 Å². The number of nitrogens with zero attached hydrogens (tertiary/aromatic N) is 1. The topological polar surface area (TPSA) is 49.4 Å². The van der Waals surface area contributed by atoms with Crippen LogP contribution < -0.4 is 10.2 Å². The molecule has 0 atom stereocenters. The summed E-state index contributed by atoms with van der Waals surface area (Å²) in [6, 6.07) is 13.4. The summed E-state index contributed by atoms with van der Waals surface area (Å²) >= 11 is 0. The second kappa shape index (κ2) is 5.97. The molecular weight excluding hydrogens is 283 g/mol. The van der Waals surface area contributed by atoms with Crippen molar-refractivity contribution < 1.29 is 14.0 Å². The van der Waals surface area contributed by atoms with Gasteiger partial charge in [0.25, 0.3) is 0 Å². The predicted molar refractivity (Wildman–Crippen MR) is 80.7 cm³/mol. The summed E-state index contributed by atoms with van der Waals surface area (Å²) in [6.07, 6.45) is 0.757. The largest absolute Gasteiger partial charge is 0.344 e. The fraction of sp³-hybridized carbons (Fsp3) is 0.176.